The van der Waals surface area contributed by atoms with E-state index in [1.54, 1.807) is 30.5 Å². The first kappa shape index (κ1) is 16.2. The van der Waals surface area contributed by atoms with E-state index in [1.165, 1.54) is 25.7 Å². The van der Waals surface area contributed by atoms with Crippen molar-refractivity contribution in [3.05, 3.63) is 29.8 Å². The Balaban J connectivity index is 1.77. The summed E-state index contributed by atoms with van der Waals surface area (Å²) in [6.07, 6.45) is 6.82. The molecular formula is C16H24N2O2S. The molecule has 0 bridgehead atoms. The van der Waals surface area contributed by atoms with E-state index in [2.05, 4.69) is 10.2 Å². The zero-order valence-corrected chi connectivity index (χ0v) is 13.5. The molecule has 0 aromatic heterocycles. The van der Waals surface area contributed by atoms with Crippen molar-refractivity contribution in [3.63, 3.8) is 0 Å². The predicted octanol–water partition coefficient (Wildman–Crippen LogP) is 2.03. The molecule has 2 rings (SSSR count). The van der Waals surface area contributed by atoms with Crippen molar-refractivity contribution in [3.8, 4) is 0 Å². The van der Waals surface area contributed by atoms with Crippen LogP contribution in [-0.4, -0.2) is 47.5 Å². The summed E-state index contributed by atoms with van der Waals surface area (Å²) in [6.45, 7) is 3.89. The van der Waals surface area contributed by atoms with Crippen molar-refractivity contribution in [2.45, 2.75) is 30.6 Å². The molecule has 0 aliphatic carbocycles. The second kappa shape index (κ2) is 8.29. The van der Waals surface area contributed by atoms with Gasteiger partial charge in [0.05, 0.1) is 0 Å². The molecule has 0 saturated carbocycles. The molecule has 1 aliphatic heterocycles. The van der Waals surface area contributed by atoms with Gasteiger partial charge in [-0.2, -0.15) is 0 Å². The van der Waals surface area contributed by atoms with Gasteiger partial charge in [0.25, 0.3) is 5.91 Å². The molecule has 1 atom stereocenters. The Labute approximate surface area is 129 Å². The highest BCUT2D eigenvalue weighted by molar-refractivity contribution is 7.84. The van der Waals surface area contributed by atoms with Gasteiger partial charge in [0.15, 0.2) is 0 Å². The van der Waals surface area contributed by atoms with Crippen molar-refractivity contribution in [1.29, 1.82) is 0 Å². The van der Waals surface area contributed by atoms with Crippen LogP contribution in [0.2, 0.25) is 0 Å². The van der Waals surface area contributed by atoms with Crippen LogP contribution >= 0.6 is 0 Å². The highest BCUT2D eigenvalue weighted by atomic mass is 32.2. The van der Waals surface area contributed by atoms with Gasteiger partial charge in [-0.25, -0.2) is 0 Å². The Morgan fingerprint density at radius 1 is 1.14 bits per heavy atom. The van der Waals surface area contributed by atoms with E-state index in [0.717, 1.165) is 24.5 Å². The zero-order valence-electron chi connectivity index (χ0n) is 12.6. The molecule has 1 saturated heterocycles. The highest BCUT2D eigenvalue weighted by Crippen LogP contribution is 2.09. The lowest BCUT2D eigenvalue weighted by atomic mass is 10.2. The smallest absolute Gasteiger partial charge is 0.251 e. The normalized spacial score (nSPS) is 18.0. The number of carbonyl (C=O) groups excluding carboxylic acids is 1. The number of hydrogen-bond donors (Lipinski definition) is 1. The molecule has 1 N–H and O–H groups in total. The molecule has 1 aromatic carbocycles. The van der Waals surface area contributed by atoms with E-state index in [4.69, 9.17) is 0 Å². The van der Waals surface area contributed by atoms with Crippen LogP contribution in [0.5, 0.6) is 0 Å². The Morgan fingerprint density at radius 2 is 1.76 bits per heavy atom. The van der Waals surface area contributed by atoms with Gasteiger partial charge in [-0.15, -0.1) is 0 Å². The largest absolute Gasteiger partial charge is 0.351 e. The summed E-state index contributed by atoms with van der Waals surface area (Å²) in [6, 6.07) is 6.97. The van der Waals surface area contributed by atoms with Crippen molar-refractivity contribution >= 4 is 16.7 Å². The van der Waals surface area contributed by atoms with Crippen molar-refractivity contribution < 1.29 is 9.00 Å². The summed E-state index contributed by atoms with van der Waals surface area (Å²) in [7, 11) is -0.999. The Hall–Kier alpha value is -1.20. The van der Waals surface area contributed by atoms with Crippen LogP contribution < -0.4 is 5.32 Å². The van der Waals surface area contributed by atoms with Crippen molar-refractivity contribution in [2.75, 3.05) is 32.4 Å². The lowest BCUT2D eigenvalue weighted by molar-refractivity contribution is 0.0948. The quantitative estimate of drug-likeness (QED) is 0.905. The van der Waals surface area contributed by atoms with Crippen LogP contribution in [0.3, 0.4) is 0 Å². The maximum Gasteiger partial charge on any atom is 0.251 e. The minimum Gasteiger partial charge on any atom is -0.351 e. The summed E-state index contributed by atoms with van der Waals surface area (Å²) < 4.78 is 11.3. The molecule has 1 fully saturated rings. The lowest BCUT2D eigenvalue weighted by Crippen LogP contribution is -2.35. The van der Waals surface area contributed by atoms with E-state index >= 15 is 0 Å². The second-order valence-corrected chi connectivity index (χ2v) is 6.87. The average molecular weight is 308 g/mol. The molecule has 4 nitrogen and oxygen atoms in total. The third-order valence-electron chi connectivity index (χ3n) is 3.86. The fourth-order valence-corrected chi connectivity index (χ4v) is 3.11. The first-order valence-electron chi connectivity index (χ1n) is 7.61. The summed E-state index contributed by atoms with van der Waals surface area (Å²) in [4.78, 5) is 15.2. The number of benzene rings is 1. The van der Waals surface area contributed by atoms with Crippen LogP contribution in [-0.2, 0) is 10.8 Å². The highest BCUT2D eigenvalue weighted by Gasteiger charge is 2.10. The van der Waals surface area contributed by atoms with Gasteiger partial charge in [-0.1, -0.05) is 12.8 Å². The number of carbonyl (C=O) groups is 1. The fourth-order valence-electron chi connectivity index (χ4n) is 2.59. The maximum atomic E-state index is 12.0. The fraction of sp³-hybridized carbons (Fsp3) is 0.562. The third kappa shape index (κ3) is 5.25. The van der Waals surface area contributed by atoms with E-state index in [0.29, 0.717) is 12.1 Å². The summed E-state index contributed by atoms with van der Waals surface area (Å²) in [5.41, 5.74) is 0.625. The van der Waals surface area contributed by atoms with Crippen LogP contribution in [0, 0.1) is 0 Å². The summed E-state index contributed by atoms with van der Waals surface area (Å²) in [5.74, 6) is -0.0572. The van der Waals surface area contributed by atoms with E-state index in [9.17, 15) is 9.00 Å². The van der Waals surface area contributed by atoms with Crippen LogP contribution in [0.25, 0.3) is 0 Å². The Morgan fingerprint density at radius 3 is 2.33 bits per heavy atom. The molecule has 21 heavy (non-hydrogen) atoms. The number of rotatable bonds is 5. The van der Waals surface area contributed by atoms with Gasteiger partial charge in [-0.05, 0) is 50.2 Å². The molecule has 5 heteroatoms. The number of likely N-dealkylation sites (tertiary alicyclic amines) is 1. The minimum absolute atomic E-state index is 0.0572. The van der Waals surface area contributed by atoms with Crippen LogP contribution in [0.15, 0.2) is 29.2 Å². The lowest BCUT2D eigenvalue weighted by Gasteiger charge is -2.19. The molecule has 1 aliphatic rings. The summed E-state index contributed by atoms with van der Waals surface area (Å²) in [5, 5.41) is 2.96. The van der Waals surface area contributed by atoms with E-state index in [1.807, 2.05) is 0 Å². The molecule has 1 amide bonds. The molecular weight excluding hydrogens is 284 g/mol. The van der Waals surface area contributed by atoms with E-state index < -0.39 is 10.8 Å². The predicted molar refractivity (Wildman–Crippen MR) is 86.0 cm³/mol. The van der Waals surface area contributed by atoms with Gasteiger partial charge in [0.2, 0.25) is 0 Å². The molecule has 0 spiro atoms. The molecule has 1 aromatic rings. The molecule has 116 valence electrons. The topological polar surface area (TPSA) is 49.4 Å². The monoisotopic (exact) mass is 308 g/mol. The average Bonchev–Trinajstić information content (AvgIpc) is 2.76. The van der Waals surface area contributed by atoms with Crippen LogP contribution in [0.4, 0.5) is 0 Å². The zero-order chi connectivity index (χ0) is 15.1. The van der Waals surface area contributed by atoms with Gasteiger partial charge in [0, 0.05) is 40.6 Å². The van der Waals surface area contributed by atoms with Gasteiger partial charge < -0.3 is 10.2 Å². The SMILES string of the molecule is CS(=O)c1ccc(C(=O)NCCN2CCCCCC2)cc1. The van der Waals surface area contributed by atoms with Crippen molar-refractivity contribution in [2.24, 2.45) is 0 Å². The molecule has 0 radical (unpaired) electrons. The van der Waals surface area contributed by atoms with Gasteiger partial charge in [0.1, 0.15) is 0 Å². The van der Waals surface area contributed by atoms with Crippen molar-refractivity contribution in [1.82, 2.24) is 10.2 Å². The maximum absolute atomic E-state index is 12.0. The summed E-state index contributed by atoms with van der Waals surface area (Å²) >= 11 is 0. The Bertz CT molecular complexity index is 480. The third-order valence-corrected chi connectivity index (χ3v) is 4.80. The number of nitrogens with one attached hydrogen (secondary N) is 1. The van der Waals surface area contributed by atoms with Gasteiger partial charge >= 0.3 is 0 Å². The van der Waals surface area contributed by atoms with E-state index in [-0.39, 0.29) is 5.91 Å². The first-order valence-corrected chi connectivity index (χ1v) is 9.16. The number of nitrogens with zero attached hydrogens (tertiary/aromatic N) is 1. The number of hydrogen-bond acceptors (Lipinski definition) is 3. The Kier molecular flexibility index (Phi) is 6.39. The van der Waals surface area contributed by atoms with Crippen LogP contribution in [0.1, 0.15) is 36.0 Å². The molecule has 1 unspecified atom stereocenters. The van der Waals surface area contributed by atoms with Gasteiger partial charge in [-0.3, -0.25) is 9.00 Å². The standard InChI is InChI=1S/C16H24N2O2S/c1-21(20)15-8-6-14(7-9-15)16(19)17-10-13-18-11-4-2-3-5-12-18/h6-9H,2-5,10-13H2,1H3,(H,17,19). The first-order chi connectivity index (χ1) is 10.2. The minimum atomic E-state index is -0.999. The second-order valence-electron chi connectivity index (χ2n) is 5.49. The number of amides is 1. The molecule has 1 heterocycles.